The summed E-state index contributed by atoms with van der Waals surface area (Å²) < 4.78 is 5.07. The quantitative estimate of drug-likeness (QED) is 0.895. The van der Waals surface area contributed by atoms with Gasteiger partial charge in [0.25, 0.3) is 0 Å². The molecule has 0 fully saturated rings. The first-order chi connectivity index (χ1) is 9.41. The van der Waals surface area contributed by atoms with Gasteiger partial charge in [-0.3, -0.25) is 0 Å². The number of furan rings is 1. The van der Waals surface area contributed by atoms with Crippen molar-refractivity contribution in [2.45, 2.75) is 39.7 Å². The lowest BCUT2D eigenvalue weighted by Gasteiger charge is -2.20. The summed E-state index contributed by atoms with van der Waals surface area (Å²) in [4.78, 5) is 9.25. The van der Waals surface area contributed by atoms with Gasteiger partial charge in [-0.25, -0.2) is 9.97 Å². The molecule has 5 nitrogen and oxygen atoms in total. The van der Waals surface area contributed by atoms with E-state index in [1.54, 1.807) is 12.5 Å². The van der Waals surface area contributed by atoms with Crippen molar-refractivity contribution >= 4 is 11.6 Å². The van der Waals surface area contributed by atoms with Crippen LogP contribution >= 0.6 is 0 Å². The van der Waals surface area contributed by atoms with Crippen LogP contribution in [0.25, 0.3) is 0 Å². The number of hydrogen-bond donors (Lipinski definition) is 2. The van der Waals surface area contributed by atoms with Gasteiger partial charge in [-0.15, -0.1) is 0 Å². The van der Waals surface area contributed by atoms with Crippen molar-refractivity contribution in [3.05, 3.63) is 35.5 Å². The molecule has 2 aromatic heterocycles. The molecular weight excluding hydrogens is 252 g/mol. The third-order valence-electron chi connectivity index (χ3n) is 3.09. The molecule has 0 aliphatic heterocycles. The molecule has 0 saturated heterocycles. The van der Waals surface area contributed by atoms with Crippen LogP contribution in [0, 0.1) is 6.92 Å². The van der Waals surface area contributed by atoms with Gasteiger partial charge in [0.15, 0.2) is 0 Å². The first kappa shape index (κ1) is 14.4. The first-order valence-corrected chi connectivity index (χ1v) is 6.73. The van der Waals surface area contributed by atoms with E-state index in [0.29, 0.717) is 6.54 Å². The van der Waals surface area contributed by atoms with E-state index >= 15 is 0 Å². The average Bonchev–Trinajstić information content (AvgIpc) is 2.89. The summed E-state index contributed by atoms with van der Waals surface area (Å²) in [6, 6.07) is 1.94. The van der Waals surface area contributed by atoms with E-state index in [1.165, 1.54) is 0 Å². The zero-order valence-electron chi connectivity index (χ0n) is 12.7. The van der Waals surface area contributed by atoms with Gasteiger partial charge in [-0.05, 0) is 13.0 Å². The number of nitrogens with one attached hydrogen (secondary N) is 2. The van der Waals surface area contributed by atoms with Crippen LogP contribution in [0.5, 0.6) is 0 Å². The van der Waals surface area contributed by atoms with Gasteiger partial charge in [0, 0.05) is 30.1 Å². The Labute approximate surface area is 119 Å². The van der Waals surface area contributed by atoms with Crippen molar-refractivity contribution in [2.75, 3.05) is 17.7 Å². The lowest BCUT2D eigenvalue weighted by Crippen LogP contribution is -2.19. The monoisotopic (exact) mass is 274 g/mol. The van der Waals surface area contributed by atoms with Gasteiger partial charge in [0.05, 0.1) is 12.5 Å². The second-order valence-corrected chi connectivity index (χ2v) is 5.85. The van der Waals surface area contributed by atoms with Gasteiger partial charge in [-0.2, -0.15) is 0 Å². The molecule has 0 aliphatic carbocycles. The Balaban J connectivity index is 2.30. The van der Waals surface area contributed by atoms with Crippen LogP contribution < -0.4 is 10.6 Å². The molecule has 0 aromatic carbocycles. The summed E-state index contributed by atoms with van der Waals surface area (Å²) in [6.07, 6.45) is 3.40. The van der Waals surface area contributed by atoms with Crippen LogP contribution in [0.2, 0.25) is 0 Å². The summed E-state index contributed by atoms with van der Waals surface area (Å²) in [7, 11) is 1.88. The topological polar surface area (TPSA) is 63.0 Å². The number of anilines is 2. The Morgan fingerprint density at radius 1 is 1.20 bits per heavy atom. The maximum absolute atomic E-state index is 5.07. The molecule has 5 heteroatoms. The molecular formula is C15H22N4O. The number of aromatic nitrogens is 2. The lowest BCUT2D eigenvalue weighted by atomic mass is 9.95. The standard InChI is InChI=1S/C15H22N4O/c1-10-12(16-5)18-14(15(2,3)4)19-13(10)17-8-11-6-7-20-9-11/h6-7,9H,8H2,1-5H3,(H2,16,17,18,19). The second kappa shape index (κ2) is 5.53. The van der Waals surface area contributed by atoms with Gasteiger partial charge in [0.2, 0.25) is 0 Å². The van der Waals surface area contributed by atoms with Gasteiger partial charge in [0.1, 0.15) is 17.5 Å². The zero-order valence-corrected chi connectivity index (χ0v) is 12.7. The van der Waals surface area contributed by atoms with Crippen molar-refractivity contribution in [3.63, 3.8) is 0 Å². The highest BCUT2D eigenvalue weighted by Crippen LogP contribution is 2.26. The minimum absolute atomic E-state index is 0.0919. The van der Waals surface area contributed by atoms with Crippen LogP contribution in [0.3, 0.4) is 0 Å². The summed E-state index contributed by atoms with van der Waals surface area (Å²) in [5.74, 6) is 2.54. The van der Waals surface area contributed by atoms with Crippen LogP contribution in [0.15, 0.2) is 23.0 Å². The number of rotatable bonds is 4. The molecule has 20 heavy (non-hydrogen) atoms. The van der Waals surface area contributed by atoms with Crippen molar-refractivity contribution in [2.24, 2.45) is 0 Å². The zero-order chi connectivity index (χ0) is 14.8. The molecule has 0 saturated carbocycles. The lowest BCUT2D eigenvalue weighted by molar-refractivity contribution is 0.546. The van der Waals surface area contributed by atoms with E-state index in [4.69, 9.17) is 4.42 Å². The predicted octanol–water partition coefficient (Wildman–Crippen LogP) is 3.33. The van der Waals surface area contributed by atoms with Gasteiger partial charge < -0.3 is 15.1 Å². The molecule has 0 radical (unpaired) electrons. The highest BCUT2D eigenvalue weighted by Gasteiger charge is 2.20. The summed E-state index contributed by atoms with van der Waals surface area (Å²) >= 11 is 0. The predicted molar refractivity (Wildman–Crippen MR) is 81.1 cm³/mol. The molecule has 2 rings (SSSR count). The maximum Gasteiger partial charge on any atom is 0.138 e. The van der Waals surface area contributed by atoms with Crippen molar-refractivity contribution in [1.29, 1.82) is 0 Å². The minimum Gasteiger partial charge on any atom is -0.472 e. The van der Waals surface area contributed by atoms with E-state index in [0.717, 1.165) is 28.6 Å². The van der Waals surface area contributed by atoms with E-state index in [2.05, 4.69) is 41.4 Å². The van der Waals surface area contributed by atoms with Crippen LogP contribution in [0.4, 0.5) is 11.6 Å². The molecule has 2 N–H and O–H groups in total. The molecule has 0 amide bonds. The Morgan fingerprint density at radius 3 is 2.45 bits per heavy atom. The normalized spacial score (nSPS) is 11.4. The van der Waals surface area contributed by atoms with Crippen LogP contribution in [-0.2, 0) is 12.0 Å². The highest BCUT2D eigenvalue weighted by molar-refractivity contribution is 5.57. The molecule has 0 bridgehead atoms. The average molecular weight is 274 g/mol. The van der Waals surface area contributed by atoms with Crippen molar-refractivity contribution in [3.8, 4) is 0 Å². The van der Waals surface area contributed by atoms with E-state index in [1.807, 2.05) is 20.0 Å². The fourth-order valence-corrected chi connectivity index (χ4v) is 1.85. The summed E-state index contributed by atoms with van der Waals surface area (Å²) in [6.45, 7) is 9.02. The van der Waals surface area contributed by atoms with Gasteiger partial charge in [-0.1, -0.05) is 20.8 Å². The van der Waals surface area contributed by atoms with Crippen molar-refractivity contribution in [1.82, 2.24) is 9.97 Å². The SMILES string of the molecule is CNc1nc(C(C)(C)C)nc(NCc2ccoc2)c1C. The molecule has 0 spiro atoms. The number of nitrogens with zero attached hydrogens (tertiary/aromatic N) is 2. The fourth-order valence-electron chi connectivity index (χ4n) is 1.85. The summed E-state index contributed by atoms with van der Waals surface area (Å²) in [5.41, 5.74) is 2.01. The van der Waals surface area contributed by atoms with E-state index in [9.17, 15) is 0 Å². The molecule has 0 atom stereocenters. The smallest absolute Gasteiger partial charge is 0.138 e. The van der Waals surface area contributed by atoms with Crippen molar-refractivity contribution < 1.29 is 4.42 Å². The summed E-state index contributed by atoms with van der Waals surface area (Å²) in [5, 5.41) is 6.48. The Morgan fingerprint density at radius 2 is 1.90 bits per heavy atom. The maximum atomic E-state index is 5.07. The van der Waals surface area contributed by atoms with E-state index in [-0.39, 0.29) is 5.41 Å². The van der Waals surface area contributed by atoms with Gasteiger partial charge >= 0.3 is 0 Å². The Hall–Kier alpha value is -2.04. The molecule has 0 aliphatic rings. The number of hydrogen-bond acceptors (Lipinski definition) is 5. The Kier molecular flexibility index (Phi) is 3.97. The van der Waals surface area contributed by atoms with Crippen LogP contribution in [0.1, 0.15) is 37.7 Å². The minimum atomic E-state index is -0.0919. The largest absolute Gasteiger partial charge is 0.472 e. The van der Waals surface area contributed by atoms with Crippen LogP contribution in [-0.4, -0.2) is 17.0 Å². The third-order valence-corrected chi connectivity index (χ3v) is 3.09. The molecule has 2 heterocycles. The fraction of sp³-hybridized carbons (Fsp3) is 0.467. The second-order valence-electron chi connectivity index (χ2n) is 5.85. The molecule has 108 valence electrons. The first-order valence-electron chi connectivity index (χ1n) is 6.73. The molecule has 0 unspecified atom stereocenters. The third kappa shape index (κ3) is 3.10. The highest BCUT2D eigenvalue weighted by atomic mass is 16.3. The van der Waals surface area contributed by atoms with E-state index < -0.39 is 0 Å². The molecule has 2 aromatic rings. The Bertz CT molecular complexity index is 570.